The van der Waals surface area contributed by atoms with E-state index in [1.807, 2.05) is 7.05 Å². The largest absolute Gasteiger partial charge is 0.353 e. The number of hydrogen-bond donors (Lipinski definition) is 1. The van der Waals surface area contributed by atoms with Crippen molar-refractivity contribution in [1.82, 2.24) is 20.2 Å². The molecule has 0 amide bonds. The maximum Gasteiger partial charge on any atom is 0.242 e. The van der Waals surface area contributed by atoms with Gasteiger partial charge >= 0.3 is 0 Å². The number of hydrogen-bond acceptors (Lipinski definition) is 4. The average Bonchev–Trinajstić information content (AvgIpc) is 2.79. The van der Waals surface area contributed by atoms with Gasteiger partial charge in [0.2, 0.25) is 5.95 Å². The van der Waals surface area contributed by atoms with Crippen LogP contribution in [0.15, 0.2) is 0 Å². The molecule has 13 heavy (non-hydrogen) atoms. The van der Waals surface area contributed by atoms with Gasteiger partial charge in [0.25, 0.3) is 0 Å². The molecule has 2 rings (SSSR count). The predicted octanol–water partition coefficient (Wildman–Crippen LogP) is 0.668. The van der Waals surface area contributed by atoms with Crippen LogP contribution in [0.2, 0.25) is 0 Å². The van der Waals surface area contributed by atoms with Crippen LogP contribution >= 0.6 is 0 Å². The molecule has 0 bridgehead atoms. The van der Waals surface area contributed by atoms with Crippen LogP contribution in [-0.4, -0.2) is 26.8 Å². The maximum atomic E-state index is 3.86. The lowest BCUT2D eigenvalue weighted by Gasteiger charge is -2.01. The Morgan fingerprint density at radius 3 is 2.92 bits per heavy atom. The van der Waals surface area contributed by atoms with Gasteiger partial charge in [-0.3, -0.25) is 0 Å². The van der Waals surface area contributed by atoms with Crippen molar-refractivity contribution < 1.29 is 0 Å². The zero-order valence-corrected chi connectivity index (χ0v) is 8.06. The van der Waals surface area contributed by atoms with Crippen molar-refractivity contribution in [3.05, 3.63) is 0 Å². The minimum atomic E-state index is 0.766. The molecule has 0 radical (unpaired) electrons. The molecule has 0 aliphatic heterocycles. The molecule has 0 saturated heterocycles. The summed E-state index contributed by atoms with van der Waals surface area (Å²) in [5.41, 5.74) is 0. The van der Waals surface area contributed by atoms with Crippen LogP contribution in [0.3, 0.4) is 0 Å². The molecular formula is C8H15N5. The summed E-state index contributed by atoms with van der Waals surface area (Å²) in [6, 6.07) is 0. The third-order valence-corrected chi connectivity index (χ3v) is 2.74. The number of aryl methyl sites for hydroxylation is 1. The van der Waals surface area contributed by atoms with Crippen LogP contribution in [0.1, 0.15) is 19.8 Å². The molecule has 2 atom stereocenters. The molecule has 72 valence electrons. The van der Waals surface area contributed by atoms with E-state index < -0.39 is 0 Å². The predicted molar refractivity (Wildman–Crippen MR) is 49.2 cm³/mol. The van der Waals surface area contributed by atoms with Gasteiger partial charge < -0.3 is 5.32 Å². The van der Waals surface area contributed by atoms with Gasteiger partial charge in [0, 0.05) is 13.6 Å². The fraction of sp³-hybridized carbons (Fsp3) is 0.875. The standard InChI is InChI=1S/C8H15N5/c1-3-6-4-7(6)5-9-8-10-11-12-13(8)2/h6-7H,3-5H2,1-2H3,(H,9,10,12). The molecule has 1 aliphatic carbocycles. The number of anilines is 1. The molecule has 1 aromatic heterocycles. The first-order valence-corrected chi connectivity index (χ1v) is 4.77. The Morgan fingerprint density at radius 2 is 2.38 bits per heavy atom. The highest BCUT2D eigenvalue weighted by Gasteiger charge is 2.34. The van der Waals surface area contributed by atoms with E-state index in [1.165, 1.54) is 12.8 Å². The Balaban J connectivity index is 1.78. The number of nitrogens with one attached hydrogen (secondary N) is 1. The van der Waals surface area contributed by atoms with Crippen molar-refractivity contribution in [1.29, 1.82) is 0 Å². The Bertz CT molecular complexity index is 282. The fourth-order valence-electron chi connectivity index (χ4n) is 1.66. The van der Waals surface area contributed by atoms with E-state index in [-0.39, 0.29) is 0 Å². The third kappa shape index (κ3) is 1.79. The number of tetrazole rings is 1. The number of nitrogens with zero attached hydrogens (tertiary/aromatic N) is 4. The summed E-state index contributed by atoms with van der Waals surface area (Å²) in [5.74, 6) is 2.53. The molecule has 1 aromatic rings. The first kappa shape index (κ1) is 8.47. The van der Waals surface area contributed by atoms with E-state index in [1.54, 1.807) is 4.68 Å². The van der Waals surface area contributed by atoms with Gasteiger partial charge in [-0.25, -0.2) is 4.68 Å². The Hall–Kier alpha value is -1.13. The lowest BCUT2D eigenvalue weighted by molar-refractivity contribution is 0.686. The molecule has 5 heteroatoms. The van der Waals surface area contributed by atoms with Crippen LogP contribution in [0, 0.1) is 11.8 Å². The molecule has 1 aliphatic rings. The quantitative estimate of drug-likeness (QED) is 0.741. The van der Waals surface area contributed by atoms with Crippen molar-refractivity contribution >= 4 is 5.95 Å². The van der Waals surface area contributed by atoms with Gasteiger partial charge in [-0.1, -0.05) is 18.4 Å². The van der Waals surface area contributed by atoms with Crippen LogP contribution in [0.5, 0.6) is 0 Å². The molecule has 1 heterocycles. The van der Waals surface area contributed by atoms with Crippen molar-refractivity contribution in [2.75, 3.05) is 11.9 Å². The first-order chi connectivity index (χ1) is 6.31. The average molecular weight is 181 g/mol. The van der Waals surface area contributed by atoms with Crippen molar-refractivity contribution in [3.8, 4) is 0 Å². The molecule has 1 saturated carbocycles. The summed E-state index contributed by atoms with van der Waals surface area (Å²) in [6.07, 6.45) is 2.65. The number of aromatic nitrogens is 4. The lowest BCUT2D eigenvalue weighted by atomic mass is 10.2. The summed E-state index contributed by atoms with van der Waals surface area (Å²) < 4.78 is 1.66. The van der Waals surface area contributed by atoms with E-state index in [2.05, 4.69) is 27.8 Å². The van der Waals surface area contributed by atoms with Gasteiger partial charge in [0.15, 0.2) is 0 Å². The van der Waals surface area contributed by atoms with Crippen LogP contribution in [-0.2, 0) is 7.05 Å². The Morgan fingerprint density at radius 1 is 1.54 bits per heavy atom. The summed E-state index contributed by atoms with van der Waals surface area (Å²) in [5, 5.41) is 14.4. The smallest absolute Gasteiger partial charge is 0.242 e. The molecule has 5 nitrogen and oxygen atoms in total. The maximum absolute atomic E-state index is 3.86. The topological polar surface area (TPSA) is 55.6 Å². The van der Waals surface area contributed by atoms with Crippen molar-refractivity contribution in [3.63, 3.8) is 0 Å². The highest BCUT2D eigenvalue weighted by Crippen LogP contribution is 2.40. The molecule has 0 aromatic carbocycles. The van der Waals surface area contributed by atoms with E-state index in [0.29, 0.717) is 0 Å². The van der Waals surface area contributed by atoms with Crippen LogP contribution in [0.25, 0.3) is 0 Å². The zero-order chi connectivity index (χ0) is 9.26. The highest BCUT2D eigenvalue weighted by atomic mass is 15.6. The van der Waals surface area contributed by atoms with E-state index in [4.69, 9.17) is 0 Å². The minimum Gasteiger partial charge on any atom is -0.353 e. The van der Waals surface area contributed by atoms with Crippen molar-refractivity contribution in [2.24, 2.45) is 18.9 Å². The van der Waals surface area contributed by atoms with Crippen LogP contribution in [0.4, 0.5) is 5.95 Å². The molecule has 1 fully saturated rings. The SMILES string of the molecule is CCC1CC1CNc1nnnn1C. The third-order valence-electron chi connectivity index (χ3n) is 2.74. The second-order valence-corrected chi connectivity index (χ2v) is 3.67. The first-order valence-electron chi connectivity index (χ1n) is 4.77. The summed E-state index contributed by atoms with van der Waals surface area (Å²) in [6.45, 7) is 3.25. The van der Waals surface area contributed by atoms with Gasteiger partial charge in [-0.2, -0.15) is 0 Å². The Labute approximate surface area is 77.5 Å². The second-order valence-electron chi connectivity index (χ2n) is 3.67. The molecule has 0 spiro atoms. The monoisotopic (exact) mass is 181 g/mol. The lowest BCUT2D eigenvalue weighted by Crippen LogP contribution is -2.09. The Kier molecular flexibility index (Phi) is 2.16. The van der Waals surface area contributed by atoms with E-state index in [0.717, 1.165) is 24.3 Å². The second kappa shape index (κ2) is 3.32. The molecule has 1 N–H and O–H groups in total. The summed E-state index contributed by atoms with van der Waals surface area (Å²) in [4.78, 5) is 0. The minimum absolute atomic E-state index is 0.766. The number of rotatable bonds is 4. The van der Waals surface area contributed by atoms with Gasteiger partial charge in [0.1, 0.15) is 0 Å². The van der Waals surface area contributed by atoms with Gasteiger partial charge in [0.05, 0.1) is 0 Å². The van der Waals surface area contributed by atoms with E-state index in [9.17, 15) is 0 Å². The molecular weight excluding hydrogens is 166 g/mol. The highest BCUT2D eigenvalue weighted by molar-refractivity contribution is 5.21. The van der Waals surface area contributed by atoms with Gasteiger partial charge in [-0.05, 0) is 28.7 Å². The molecule has 2 unspecified atom stereocenters. The van der Waals surface area contributed by atoms with Crippen molar-refractivity contribution in [2.45, 2.75) is 19.8 Å². The van der Waals surface area contributed by atoms with Crippen LogP contribution < -0.4 is 5.32 Å². The van der Waals surface area contributed by atoms with E-state index >= 15 is 0 Å². The normalized spacial score (nSPS) is 26.0. The summed E-state index contributed by atoms with van der Waals surface area (Å²) >= 11 is 0. The summed E-state index contributed by atoms with van der Waals surface area (Å²) in [7, 11) is 1.84. The fourth-order valence-corrected chi connectivity index (χ4v) is 1.66. The zero-order valence-electron chi connectivity index (χ0n) is 8.06. The van der Waals surface area contributed by atoms with Gasteiger partial charge in [-0.15, -0.1) is 0 Å².